The number of nitrogens with one attached hydrogen (secondary N) is 1. The van der Waals surface area contributed by atoms with Gasteiger partial charge >= 0.3 is 5.97 Å². The summed E-state index contributed by atoms with van der Waals surface area (Å²) in [5.74, 6) is -0.547. The summed E-state index contributed by atoms with van der Waals surface area (Å²) >= 11 is 0. The smallest absolute Gasteiger partial charge is 0.326 e. The Morgan fingerprint density at radius 3 is 2.47 bits per heavy atom. The summed E-state index contributed by atoms with van der Waals surface area (Å²) in [4.78, 5) is 24.2. The summed E-state index contributed by atoms with van der Waals surface area (Å²) in [5, 5.41) is 10.2. The van der Waals surface area contributed by atoms with Gasteiger partial charge in [-0.3, -0.25) is 9.59 Å². The number of hydrogen-bond acceptors (Lipinski definition) is 7. The van der Waals surface area contributed by atoms with Gasteiger partial charge in [0.05, 0.1) is 6.61 Å². The van der Waals surface area contributed by atoms with E-state index in [-0.39, 0.29) is 24.1 Å². The standard InChI is InChI=1S/C21H20FN3O5/c1-3-28-17-10-6-14(7-11-17)19(27)23-12-18(26)29-13(2)20-24-25-21(30-20)15-4-8-16(22)9-5-15/h4-11,13H,3,12H2,1-2H3,(H,23,27)/t13-/m0/s1. The Bertz CT molecular complexity index is 1000. The van der Waals surface area contributed by atoms with E-state index in [9.17, 15) is 14.0 Å². The molecule has 1 atom stereocenters. The van der Waals surface area contributed by atoms with Gasteiger partial charge in [-0.25, -0.2) is 4.39 Å². The number of benzene rings is 2. The number of rotatable bonds is 8. The number of ether oxygens (including phenoxy) is 2. The second kappa shape index (κ2) is 9.64. The Kier molecular flexibility index (Phi) is 6.74. The van der Waals surface area contributed by atoms with Crippen LogP contribution in [0.4, 0.5) is 4.39 Å². The monoisotopic (exact) mass is 413 g/mol. The van der Waals surface area contributed by atoms with Crippen LogP contribution in [0, 0.1) is 5.82 Å². The number of aromatic nitrogens is 2. The van der Waals surface area contributed by atoms with Crippen molar-refractivity contribution >= 4 is 11.9 Å². The first-order valence-corrected chi connectivity index (χ1v) is 9.26. The highest BCUT2D eigenvalue weighted by molar-refractivity contribution is 5.96. The first-order chi connectivity index (χ1) is 14.5. The van der Waals surface area contributed by atoms with Gasteiger partial charge in [-0.1, -0.05) is 0 Å². The van der Waals surface area contributed by atoms with Crippen LogP contribution < -0.4 is 10.1 Å². The molecule has 1 amide bonds. The number of carbonyl (C=O) groups excluding carboxylic acids is 2. The number of esters is 1. The molecule has 0 fully saturated rings. The van der Waals surface area contributed by atoms with Gasteiger partial charge in [-0.2, -0.15) is 0 Å². The van der Waals surface area contributed by atoms with Crippen LogP contribution in [0.25, 0.3) is 11.5 Å². The molecule has 0 aliphatic heterocycles. The largest absolute Gasteiger partial charge is 0.494 e. The van der Waals surface area contributed by atoms with Crippen molar-refractivity contribution in [3.8, 4) is 17.2 Å². The molecule has 8 nitrogen and oxygen atoms in total. The maximum Gasteiger partial charge on any atom is 0.326 e. The SMILES string of the molecule is CCOc1ccc(C(=O)NCC(=O)O[C@@H](C)c2nnc(-c3ccc(F)cc3)o2)cc1. The highest BCUT2D eigenvalue weighted by Crippen LogP contribution is 2.22. The molecule has 3 rings (SSSR count). The minimum Gasteiger partial charge on any atom is -0.494 e. The molecule has 30 heavy (non-hydrogen) atoms. The predicted molar refractivity (Wildman–Crippen MR) is 104 cm³/mol. The number of nitrogens with zero attached hydrogens (tertiary/aromatic N) is 2. The molecule has 0 radical (unpaired) electrons. The van der Waals surface area contributed by atoms with E-state index < -0.39 is 18.0 Å². The Labute approximate surface area is 172 Å². The van der Waals surface area contributed by atoms with E-state index in [0.29, 0.717) is 23.5 Å². The molecule has 156 valence electrons. The predicted octanol–water partition coefficient (Wildman–Crippen LogP) is 3.31. The normalized spacial score (nSPS) is 11.6. The van der Waals surface area contributed by atoms with Crippen molar-refractivity contribution in [3.05, 3.63) is 65.8 Å². The van der Waals surface area contributed by atoms with Crippen LogP contribution in [0.3, 0.4) is 0 Å². The summed E-state index contributed by atoms with van der Waals surface area (Å²) in [6.07, 6.45) is -0.818. The zero-order valence-corrected chi connectivity index (χ0v) is 16.4. The first kappa shape index (κ1) is 21.0. The molecule has 0 aliphatic carbocycles. The molecule has 3 aromatic rings. The fraction of sp³-hybridized carbons (Fsp3) is 0.238. The van der Waals surface area contributed by atoms with Crippen molar-refractivity contribution in [2.24, 2.45) is 0 Å². The molecule has 9 heteroatoms. The molecule has 1 aromatic heterocycles. The zero-order valence-electron chi connectivity index (χ0n) is 16.4. The topological polar surface area (TPSA) is 104 Å². The van der Waals surface area contributed by atoms with Crippen molar-refractivity contribution in [1.82, 2.24) is 15.5 Å². The van der Waals surface area contributed by atoms with E-state index >= 15 is 0 Å². The maximum absolute atomic E-state index is 13.0. The average Bonchev–Trinajstić information content (AvgIpc) is 3.24. The Balaban J connectivity index is 1.51. The number of hydrogen-bond donors (Lipinski definition) is 1. The fourth-order valence-corrected chi connectivity index (χ4v) is 2.52. The Morgan fingerprint density at radius 2 is 1.80 bits per heavy atom. The van der Waals surface area contributed by atoms with Crippen molar-refractivity contribution < 1.29 is 27.9 Å². The van der Waals surface area contributed by atoms with E-state index in [2.05, 4.69) is 15.5 Å². The van der Waals surface area contributed by atoms with Crippen LogP contribution >= 0.6 is 0 Å². The molecule has 0 bridgehead atoms. The van der Waals surface area contributed by atoms with Crippen LogP contribution in [0.5, 0.6) is 5.75 Å². The van der Waals surface area contributed by atoms with Gasteiger partial charge in [0, 0.05) is 11.1 Å². The van der Waals surface area contributed by atoms with Crippen molar-refractivity contribution in [3.63, 3.8) is 0 Å². The van der Waals surface area contributed by atoms with E-state index in [1.807, 2.05) is 6.92 Å². The number of halogens is 1. The van der Waals surface area contributed by atoms with Gasteiger partial charge in [0.15, 0.2) is 6.10 Å². The quantitative estimate of drug-likeness (QED) is 0.565. The van der Waals surface area contributed by atoms with Crippen LogP contribution in [-0.2, 0) is 9.53 Å². The molecule has 0 unspecified atom stereocenters. The minimum atomic E-state index is -0.818. The molecular weight excluding hydrogens is 393 g/mol. The Morgan fingerprint density at radius 1 is 1.10 bits per heavy atom. The summed E-state index contributed by atoms with van der Waals surface area (Å²) in [6.45, 7) is 3.63. The van der Waals surface area contributed by atoms with E-state index in [4.69, 9.17) is 13.9 Å². The molecule has 0 saturated heterocycles. The maximum atomic E-state index is 13.0. The molecule has 2 aromatic carbocycles. The lowest BCUT2D eigenvalue weighted by Gasteiger charge is -2.10. The average molecular weight is 413 g/mol. The second-order valence-corrected chi connectivity index (χ2v) is 6.22. The third-order valence-corrected chi connectivity index (χ3v) is 4.01. The lowest BCUT2D eigenvalue weighted by Crippen LogP contribution is -2.31. The van der Waals surface area contributed by atoms with Crippen LogP contribution in [0.1, 0.15) is 36.2 Å². The fourth-order valence-electron chi connectivity index (χ4n) is 2.52. The highest BCUT2D eigenvalue weighted by Gasteiger charge is 2.19. The number of amides is 1. The van der Waals surface area contributed by atoms with Gasteiger partial charge in [-0.05, 0) is 62.4 Å². The highest BCUT2D eigenvalue weighted by atomic mass is 19.1. The van der Waals surface area contributed by atoms with Gasteiger partial charge in [0.2, 0.25) is 5.89 Å². The van der Waals surface area contributed by atoms with Crippen LogP contribution in [-0.4, -0.2) is 35.2 Å². The summed E-state index contributed by atoms with van der Waals surface area (Å²) in [6, 6.07) is 12.1. The molecule has 0 saturated carbocycles. The van der Waals surface area contributed by atoms with Crippen LogP contribution in [0.2, 0.25) is 0 Å². The molecular formula is C21H20FN3O5. The lowest BCUT2D eigenvalue weighted by molar-refractivity contribution is -0.148. The summed E-state index contributed by atoms with van der Waals surface area (Å²) in [5.41, 5.74) is 0.927. The molecule has 0 aliphatic rings. The molecule has 1 heterocycles. The Hall–Kier alpha value is -3.75. The van der Waals surface area contributed by atoms with Gasteiger partial charge in [-0.15, -0.1) is 10.2 Å². The van der Waals surface area contributed by atoms with Crippen molar-refractivity contribution in [2.45, 2.75) is 20.0 Å². The van der Waals surface area contributed by atoms with Crippen molar-refractivity contribution in [1.29, 1.82) is 0 Å². The third kappa shape index (κ3) is 5.40. The zero-order chi connectivity index (χ0) is 21.5. The summed E-state index contributed by atoms with van der Waals surface area (Å²) in [7, 11) is 0. The van der Waals surface area contributed by atoms with Gasteiger partial charge in [0.1, 0.15) is 18.1 Å². The minimum absolute atomic E-state index is 0.0838. The van der Waals surface area contributed by atoms with E-state index in [0.717, 1.165) is 0 Å². The molecule has 0 spiro atoms. The molecule has 1 N–H and O–H groups in total. The van der Waals surface area contributed by atoms with Crippen molar-refractivity contribution in [2.75, 3.05) is 13.2 Å². The van der Waals surface area contributed by atoms with Gasteiger partial charge < -0.3 is 19.2 Å². The van der Waals surface area contributed by atoms with E-state index in [1.54, 1.807) is 31.2 Å². The van der Waals surface area contributed by atoms with E-state index in [1.165, 1.54) is 24.3 Å². The third-order valence-electron chi connectivity index (χ3n) is 4.01. The first-order valence-electron chi connectivity index (χ1n) is 9.26. The lowest BCUT2D eigenvalue weighted by atomic mass is 10.2. The van der Waals surface area contributed by atoms with Crippen LogP contribution in [0.15, 0.2) is 52.9 Å². The summed E-state index contributed by atoms with van der Waals surface area (Å²) < 4.78 is 29.0. The number of carbonyl (C=O) groups is 2. The second-order valence-electron chi connectivity index (χ2n) is 6.22. The van der Waals surface area contributed by atoms with Gasteiger partial charge in [0.25, 0.3) is 11.8 Å².